The van der Waals surface area contributed by atoms with Gasteiger partial charge in [0, 0.05) is 22.0 Å². The summed E-state index contributed by atoms with van der Waals surface area (Å²) in [6.45, 7) is 9.22. The molecule has 1 aromatic rings. The Morgan fingerprint density at radius 2 is 1.96 bits per heavy atom. The van der Waals surface area contributed by atoms with Crippen molar-refractivity contribution < 1.29 is 9.53 Å². The summed E-state index contributed by atoms with van der Waals surface area (Å²) in [5.74, 6) is 0. The maximum Gasteiger partial charge on any atom is 0.410 e. The zero-order chi connectivity index (χ0) is 17.2. The van der Waals surface area contributed by atoms with Crippen molar-refractivity contribution in [1.29, 1.82) is 0 Å². The van der Waals surface area contributed by atoms with Crippen molar-refractivity contribution in [2.75, 3.05) is 18.4 Å². The van der Waals surface area contributed by atoms with Crippen LogP contribution in [0, 0.1) is 6.92 Å². The number of rotatable bonds is 3. The quantitative estimate of drug-likeness (QED) is 0.680. The number of likely N-dealkylation sites (tertiary alicyclic amines) is 1. The molecule has 1 N–H and O–H groups in total. The fourth-order valence-electron chi connectivity index (χ4n) is 2.70. The van der Waals surface area contributed by atoms with Crippen molar-refractivity contribution in [2.45, 2.75) is 52.2 Å². The van der Waals surface area contributed by atoms with Crippen LogP contribution in [0.5, 0.6) is 0 Å². The van der Waals surface area contributed by atoms with E-state index in [1.54, 1.807) is 0 Å². The number of amides is 1. The lowest BCUT2D eigenvalue weighted by molar-refractivity contribution is 0.0235. The molecule has 1 aliphatic rings. The summed E-state index contributed by atoms with van der Waals surface area (Å²) in [4.78, 5) is 14.2. The molecule has 0 radical (unpaired) electrons. The summed E-state index contributed by atoms with van der Waals surface area (Å²) in [5, 5.41) is 3.45. The third-order valence-electron chi connectivity index (χ3n) is 3.71. The first-order valence-corrected chi connectivity index (χ1v) is 9.45. The molecule has 1 aromatic carbocycles. The Labute approximate surface area is 155 Å². The van der Waals surface area contributed by atoms with E-state index in [-0.39, 0.29) is 12.1 Å². The van der Waals surface area contributed by atoms with Gasteiger partial charge < -0.3 is 15.0 Å². The molecule has 0 spiro atoms. The second-order valence-electron chi connectivity index (χ2n) is 6.95. The van der Waals surface area contributed by atoms with Crippen molar-refractivity contribution in [3.8, 4) is 0 Å². The van der Waals surface area contributed by atoms with Crippen LogP contribution in [0.25, 0.3) is 0 Å². The smallest absolute Gasteiger partial charge is 0.410 e. The lowest BCUT2D eigenvalue weighted by Crippen LogP contribution is -2.42. The van der Waals surface area contributed by atoms with Gasteiger partial charge >= 0.3 is 6.09 Å². The Bertz CT molecular complexity index is 561. The molecule has 128 valence electrons. The molecule has 2 rings (SSSR count). The molecule has 0 bridgehead atoms. The molecule has 1 fully saturated rings. The fraction of sp³-hybridized carbons (Fsp3) is 0.588. The summed E-state index contributed by atoms with van der Waals surface area (Å²) in [6.07, 6.45) is 1.79. The molecule has 0 aromatic heterocycles. The first kappa shape index (κ1) is 18.6. The lowest BCUT2D eigenvalue weighted by Gasteiger charge is -2.29. The van der Waals surface area contributed by atoms with Crippen LogP contribution >= 0.6 is 31.9 Å². The number of ether oxygens (including phenoxy) is 1. The predicted molar refractivity (Wildman–Crippen MR) is 101 cm³/mol. The van der Waals surface area contributed by atoms with Gasteiger partial charge in [0.2, 0.25) is 0 Å². The SMILES string of the molecule is Cc1cc(Br)c(NCC2CCCN2C(=O)OC(C)(C)C)c(Br)c1. The van der Waals surface area contributed by atoms with Gasteiger partial charge in [-0.25, -0.2) is 4.79 Å². The number of hydrogen-bond acceptors (Lipinski definition) is 3. The van der Waals surface area contributed by atoms with Gasteiger partial charge in [-0.05, 0) is 90.1 Å². The van der Waals surface area contributed by atoms with E-state index in [0.717, 1.165) is 34.0 Å². The van der Waals surface area contributed by atoms with Crippen molar-refractivity contribution in [3.63, 3.8) is 0 Å². The number of anilines is 1. The van der Waals surface area contributed by atoms with Gasteiger partial charge in [0.25, 0.3) is 0 Å². The van der Waals surface area contributed by atoms with Crippen molar-refractivity contribution in [2.24, 2.45) is 0 Å². The predicted octanol–water partition coefficient (Wildman–Crippen LogP) is 5.33. The highest BCUT2D eigenvalue weighted by Crippen LogP contribution is 2.33. The zero-order valence-electron chi connectivity index (χ0n) is 14.1. The van der Waals surface area contributed by atoms with Crippen LogP contribution in [-0.4, -0.2) is 35.7 Å². The molecule has 0 saturated carbocycles. The molecular weight excluding hydrogens is 424 g/mol. The number of nitrogens with zero attached hydrogens (tertiary/aromatic N) is 1. The van der Waals surface area contributed by atoms with E-state index in [4.69, 9.17) is 4.74 Å². The van der Waals surface area contributed by atoms with E-state index in [9.17, 15) is 4.79 Å². The summed E-state index contributed by atoms with van der Waals surface area (Å²) >= 11 is 7.19. The number of nitrogens with one attached hydrogen (secondary N) is 1. The average Bonchev–Trinajstić information content (AvgIpc) is 2.83. The van der Waals surface area contributed by atoms with Crippen LogP contribution < -0.4 is 5.32 Å². The van der Waals surface area contributed by atoms with Crippen LogP contribution in [0.15, 0.2) is 21.1 Å². The fourth-order valence-corrected chi connectivity index (χ4v) is 4.39. The summed E-state index contributed by atoms with van der Waals surface area (Å²) in [5.41, 5.74) is 1.75. The minimum atomic E-state index is -0.458. The highest BCUT2D eigenvalue weighted by molar-refractivity contribution is 9.11. The standard InChI is InChI=1S/C17H24Br2N2O2/c1-11-8-13(18)15(14(19)9-11)20-10-12-6-5-7-21(12)16(22)23-17(2,3)4/h8-9,12,20H,5-7,10H2,1-4H3. The first-order chi connectivity index (χ1) is 10.7. The van der Waals surface area contributed by atoms with E-state index in [1.165, 1.54) is 5.56 Å². The molecule has 4 nitrogen and oxygen atoms in total. The Morgan fingerprint density at radius 1 is 1.35 bits per heavy atom. The van der Waals surface area contributed by atoms with Crippen LogP contribution in [0.2, 0.25) is 0 Å². The number of carbonyl (C=O) groups is 1. The van der Waals surface area contributed by atoms with Gasteiger partial charge in [-0.1, -0.05) is 0 Å². The van der Waals surface area contributed by atoms with E-state index < -0.39 is 5.60 Å². The number of hydrogen-bond donors (Lipinski definition) is 1. The van der Waals surface area contributed by atoms with Crippen LogP contribution in [-0.2, 0) is 4.74 Å². The maximum atomic E-state index is 12.3. The molecule has 6 heteroatoms. The summed E-state index contributed by atoms with van der Waals surface area (Å²) in [6, 6.07) is 4.31. The Morgan fingerprint density at radius 3 is 2.52 bits per heavy atom. The van der Waals surface area contributed by atoms with Gasteiger partial charge in [-0.15, -0.1) is 0 Å². The first-order valence-electron chi connectivity index (χ1n) is 7.86. The van der Waals surface area contributed by atoms with Crippen LogP contribution in [0.4, 0.5) is 10.5 Å². The van der Waals surface area contributed by atoms with Gasteiger partial charge in [0.05, 0.1) is 11.7 Å². The van der Waals surface area contributed by atoms with Crippen molar-refractivity contribution in [1.82, 2.24) is 4.90 Å². The summed E-state index contributed by atoms with van der Waals surface area (Å²) in [7, 11) is 0. The third-order valence-corrected chi connectivity index (χ3v) is 4.96. The Hall–Kier alpha value is -0.750. The maximum absolute atomic E-state index is 12.3. The van der Waals surface area contributed by atoms with Gasteiger partial charge in [0.15, 0.2) is 0 Å². The van der Waals surface area contributed by atoms with Gasteiger partial charge in [-0.2, -0.15) is 0 Å². The Balaban J connectivity index is 2.01. The number of carbonyl (C=O) groups excluding carboxylic acids is 1. The molecule has 1 aliphatic heterocycles. The summed E-state index contributed by atoms with van der Waals surface area (Å²) < 4.78 is 7.55. The number of aryl methyl sites for hydroxylation is 1. The minimum absolute atomic E-state index is 0.157. The van der Waals surface area contributed by atoms with E-state index in [1.807, 2.05) is 25.7 Å². The molecule has 1 atom stereocenters. The second kappa shape index (κ2) is 7.43. The molecule has 1 amide bonds. The van der Waals surface area contributed by atoms with E-state index in [0.29, 0.717) is 6.54 Å². The Kier molecular flexibility index (Phi) is 6.00. The van der Waals surface area contributed by atoms with Crippen molar-refractivity contribution in [3.05, 3.63) is 26.6 Å². The van der Waals surface area contributed by atoms with Crippen LogP contribution in [0.1, 0.15) is 39.2 Å². The second-order valence-corrected chi connectivity index (χ2v) is 8.66. The van der Waals surface area contributed by atoms with Gasteiger partial charge in [-0.3, -0.25) is 0 Å². The molecule has 1 heterocycles. The third kappa shape index (κ3) is 5.11. The molecule has 0 aliphatic carbocycles. The monoisotopic (exact) mass is 446 g/mol. The van der Waals surface area contributed by atoms with Gasteiger partial charge in [0.1, 0.15) is 5.60 Å². The van der Waals surface area contributed by atoms with E-state index in [2.05, 4.69) is 56.2 Å². The van der Waals surface area contributed by atoms with Crippen LogP contribution in [0.3, 0.4) is 0 Å². The largest absolute Gasteiger partial charge is 0.444 e. The lowest BCUT2D eigenvalue weighted by atomic mass is 10.2. The average molecular weight is 448 g/mol. The molecule has 23 heavy (non-hydrogen) atoms. The molecular formula is C17H24Br2N2O2. The number of halogens is 2. The van der Waals surface area contributed by atoms with Crippen molar-refractivity contribution >= 4 is 43.6 Å². The normalized spacial score (nSPS) is 18.2. The zero-order valence-corrected chi connectivity index (χ0v) is 17.3. The highest BCUT2D eigenvalue weighted by Gasteiger charge is 2.32. The topological polar surface area (TPSA) is 41.6 Å². The number of benzene rings is 1. The molecule has 1 unspecified atom stereocenters. The van der Waals surface area contributed by atoms with E-state index >= 15 is 0 Å². The molecule has 1 saturated heterocycles. The minimum Gasteiger partial charge on any atom is -0.444 e. The highest BCUT2D eigenvalue weighted by atomic mass is 79.9.